The number of benzene rings is 2. The van der Waals surface area contributed by atoms with Crippen molar-refractivity contribution in [3.63, 3.8) is 0 Å². The van der Waals surface area contributed by atoms with Gasteiger partial charge >= 0.3 is 5.97 Å². The summed E-state index contributed by atoms with van der Waals surface area (Å²) in [6.45, 7) is 0. The second kappa shape index (κ2) is 8.40. The maximum Gasteiger partial charge on any atom is 0.335 e. The molecule has 33 heavy (non-hydrogen) atoms. The van der Waals surface area contributed by atoms with Gasteiger partial charge in [0.25, 0.3) is 0 Å². The molecule has 0 unspecified atom stereocenters. The van der Waals surface area contributed by atoms with Crippen LogP contribution in [0.5, 0.6) is 5.75 Å². The number of hydrogen-bond donors (Lipinski definition) is 3. The van der Waals surface area contributed by atoms with Crippen molar-refractivity contribution in [2.75, 3.05) is 4.90 Å². The molecule has 0 spiro atoms. The van der Waals surface area contributed by atoms with Gasteiger partial charge in [0.05, 0.1) is 17.3 Å². The topological polar surface area (TPSA) is 98.8 Å². The fourth-order valence-corrected chi connectivity index (χ4v) is 4.35. The zero-order chi connectivity index (χ0) is 22.9. The van der Waals surface area contributed by atoms with Crippen molar-refractivity contribution in [1.29, 1.82) is 0 Å². The second-order valence-corrected chi connectivity index (χ2v) is 7.99. The van der Waals surface area contributed by atoms with Crippen molar-refractivity contribution in [3.8, 4) is 17.1 Å². The van der Waals surface area contributed by atoms with E-state index in [0.29, 0.717) is 22.2 Å². The Morgan fingerprint density at radius 3 is 2.58 bits per heavy atom. The lowest BCUT2D eigenvalue weighted by Crippen LogP contribution is -2.29. The van der Waals surface area contributed by atoms with Crippen LogP contribution >= 0.6 is 12.2 Å². The predicted molar refractivity (Wildman–Crippen MR) is 127 cm³/mol. The van der Waals surface area contributed by atoms with Crippen LogP contribution in [0.15, 0.2) is 89.5 Å². The summed E-state index contributed by atoms with van der Waals surface area (Å²) in [6, 6.07) is 22.1. The van der Waals surface area contributed by atoms with Crippen LogP contribution in [0.4, 0.5) is 5.69 Å². The highest BCUT2D eigenvalue weighted by Crippen LogP contribution is 2.43. The number of carboxylic acids is 1. The molecule has 0 aliphatic carbocycles. The number of rotatable bonds is 5. The lowest BCUT2D eigenvalue weighted by atomic mass is 10.0. The van der Waals surface area contributed by atoms with Crippen LogP contribution in [-0.4, -0.2) is 26.3 Å². The number of anilines is 1. The molecule has 2 aromatic carbocycles. The first kappa shape index (κ1) is 20.7. The van der Waals surface area contributed by atoms with Crippen LogP contribution in [0, 0.1) is 0 Å². The van der Waals surface area contributed by atoms with Crippen molar-refractivity contribution in [3.05, 3.63) is 102 Å². The molecule has 4 aromatic rings. The van der Waals surface area contributed by atoms with E-state index < -0.39 is 5.97 Å². The molecule has 3 N–H and O–H groups in total. The molecule has 5 rings (SSSR count). The summed E-state index contributed by atoms with van der Waals surface area (Å²) < 4.78 is 6.25. The van der Waals surface area contributed by atoms with E-state index in [4.69, 9.17) is 16.6 Å². The summed E-state index contributed by atoms with van der Waals surface area (Å²) in [6.07, 6.45) is 1.73. The van der Waals surface area contributed by atoms with Gasteiger partial charge in [-0.25, -0.2) is 4.79 Å². The maximum absolute atomic E-state index is 11.4. The van der Waals surface area contributed by atoms with Crippen LogP contribution in [0.25, 0.3) is 11.3 Å². The van der Waals surface area contributed by atoms with Crippen molar-refractivity contribution in [2.45, 2.75) is 12.1 Å². The van der Waals surface area contributed by atoms with Crippen molar-refractivity contribution in [2.24, 2.45) is 0 Å². The van der Waals surface area contributed by atoms with Gasteiger partial charge in [0.2, 0.25) is 0 Å². The first-order chi connectivity index (χ1) is 16.0. The number of carboxylic acid groups (broad SMARTS) is 1. The van der Waals surface area contributed by atoms with E-state index in [0.717, 1.165) is 11.4 Å². The molecular formula is C25H19N3O4S. The summed E-state index contributed by atoms with van der Waals surface area (Å²) in [4.78, 5) is 17.8. The number of aromatic carboxylic acids is 1. The standard InChI is InChI=1S/C25H19N3O4S/c29-18-9-7-17(8-10-18)28-23(22(27-25(28)33)19-6-1-2-13-26-19)21-12-11-20(32-21)15-4-3-5-16(14-15)24(30)31/h1-14,22-23,29H,(H,27,33)(H,30,31)/t22-,23+/m1/s1. The molecule has 0 saturated carbocycles. The van der Waals surface area contributed by atoms with E-state index >= 15 is 0 Å². The molecule has 2 aromatic heterocycles. The van der Waals surface area contributed by atoms with Crippen molar-refractivity contribution >= 4 is 29.0 Å². The normalized spacial score (nSPS) is 17.7. The van der Waals surface area contributed by atoms with E-state index in [1.807, 2.05) is 35.2 Å². The largest absolute Gasteiger partial charge is 0.508 e. The van der Waals surface area contributed by atoms with Crippen LogP contribution in [0.1, 0.15) is 33.9 Å². The summed E-state index contributed by atoms with van der Waals surface area (Å²) in [5, 5.41) is 22.9. The number of phenols is 1. The van der Waals surface area contributed by atoms with Gasteiger partial charge in [-0.1, -0.05) is 18.2 Å². The second-order valence-electron chi connectivity index (χ2n) is 7.60. The van der Waals surface area contributed by atoms with Crippen LogP contribution in [0.2, 0.25) is 0 Å². The minimum atomic E-state index is -0.998. The molecule has 1 aliphatic heterocycles. The highest BCUT2D eigenvalue weighted by Gasteiger charge is 2.42. The number of aromatic nitrogens is 1. The van der Waals surface area contributed by atoms with Crippen LogP contribution in [0.3, 0.4) is 0 Å². The quantitative estimate of drug-likeness (QED) is 0.363. The summed E-state index contributed by atoms with van der Waals surface area (Å²) in [5.74, 6) is 0.356. The number of hydrogen-bond acceptors (Lipinski definition) is 5. The highest BCUT2D eigenvalue weighted by molar-refractivity contribution is 7.80. The smallest absolute Gasteiger partial charge is 0.335 e. The predicted octanol–water partition coefficient (Wildman–Crippen LogP) is 4.92. The Kier molecular flexibility index (Phi) is 5.27. The van der Waals surface area contributed by atoms with Crippen molar-refractivity contribution < 1.29 is 19.4 Å². The third-order valence-electron chi connectivity index (χ3n) is 5.54. The number of thiocarbonyl (C=S) groups is 1. The molecule has 8 heteroatoms. The van der Waals surface area contributed by atoms with Gasteiger partial charge in [0, 0.05) is 17.4 Å². The molecular weight excluding hydrogens is 438 g/mol. The van der Waals surface area contributed by atoms with Gasteiger partial charge in [-0.15, -0.1) is 0 Å². The number of phenolic OH excluding ortho intramolecular Hbond substituents is 1. The number of carbonyl (C=O) groups is 1. The Bertz CT molecular complexity index is 1320. The Morgan fingerprint density at radius 1 is 1.03 bits per heavy atom. The first-order valence-electron chi connectivity index (χ1n) is 10.2. The van der Waals surface area contributed by atoms with E-state index in [1.165, 1.54) is 0 Å². The molecule has 1 aliphatic rings. The average molecular weight is 458 g/mol. The molecule has 1 saturated heterocycles. The maximum atomic E-state index is 11.4. The number of nitrogens with one attached hydrogen (secondary N) is 1. The van der Waals surface area contributed by atoms with Gasteiger partial charge in [-0.3, -0.25) is 4.98 Å². The summed E-state index contributed by atoms with van der Waals surface area (Å²) in [7, 11) is 0. The van der Waals surface area contributed by atoms with E-state index in [-0.39, 0.29) is 23.4 Å². The molecule has 0 radical (unpaired) electrons. The molecule has 3 heterocycles. The molecule has 164 valence electrons. The number of pyridine rings is 1. The summed E-state index contributed by atoms with van der Waals surface area (Å²) >= 11 is 5.67. The third kappa shape index (κ3) is 3.92. The zero-order valence-corrected chi connectivity index (χ0v) is 18.1. The monoisotopic (exact) mass is 457 g/mol. The Hall–Kier alpha value is -4.17. The van der Waals surface area contributed by atoms with Gasteiger partial charge in [0.15, 0.2) is 5.11 Å². The molecule has 7 nitrogen and oxygen atoms in total. The zero-order valence-electron chi connectivity index (χ0n) is 17.3. The molecule has 0 amide bonds. The lowest BCUT2D eigenvalue weighted by molar-refractivity contribution is 0.0697. The molecule has 0 bridgehead atoms. The van der Waals surface area contributed by atoms with E-state index in [9.17, 15) is 15.0 Å². The average Bonchev–Trinajstić information content (AvgIpc) is 3.45. The minimum Gasteiger partial charge on any atom is -0.508 e. The molecule has 1 fully saturated rings. The highest BCUT2D eigenvalue weighted by atomic mass is 32.1. The van der Waals surface area contributed by atoms with E-state index in [1.54, 1.807) is 54.7 Å². The Morgan fingerprint density at radius 2 is 1.85 bits per heavy atom. The number of furan rings is 1. The van der Waals surface area contributed by atoms with Gasteiger partial charge in [0.1, 0.15) is 23.3 Å². The van der Waals surface area contributed by atoms with Crippen molar-refractivity contribution in [1.82, 2.24) is 10.3 Å². The number of aromatic hydroxyl groups is 1. The minimum absolute atomic E-state index is 0.160. The Balaban J connectivity index is 1.58. The summed E-state index contributed by atoms with van der Waals surface area (Å²) in [5.41, 5.74) is 2.45. The SMILES string of the molecule is O=C(O)c1cccc(-c2ccc([C@H]3[C@@H](c4ccccn4)NC(=S)N3c3ccc(O)cc3)o2)c1. The van der Waals surface area contributed by atoms with Crippen LogP contribution < -0.4 is 10.2 Å². The van der Waals surface area contributed by atoms with E-state index in [2.05, 4.69) is 10.3 Å². The lowest BCUT2D eigenvalue weighted by Gasteiger charge is -2.26. The third-order valence-corrected chi connectivity index (χ3v) is 5.85. The molecule has 2 atom stereocenters. The fraction of sp³-hybridized carbons (Fsp3) is 0.0800. The number of nitrogens with zero attached hydrogens (tertiary/aromatic N) is 2. The van der Waals surface area contributed by atoms with Gasteiger partial charge in [-0.05, 0) is 72.9 Å². The van der Waals surface area contributed by atoms with Gasteiger partial charge < -0.3 is 24.8 Å². The van der Waals surface area contributed by atoms with Gasteiger partial charge in [-0.2, -0.15) is 0 Å². The fourth-order valence-electron chi connectivity index (χ4n) is 4.01. The Labute approximate surface area is 194 Å². The van der Waals surface area contributed by atoms with Crippen LogP contribution in [-0.2, 0) is 0 Å². The first-order valence-corrected chi connectivity index (χ1v) is 10.7.